The number of H-pyrrole nitrogens is 1. The highest BCUT2D eigenvalue weighted by Gasteiger charge is 2.14. The highest BCUT2D eigenvalue weighted by atomic mass is 127. The number of nitrogens with one attached hydrogen (secondary N) is 1. The van der Waals surface area contributed by atoms with Crippen molar-refractivity contribution in [2.24, 2.45) is 0 Å². The van der Waals surface area contributed by atoms with Crippen molar-refractivity contribution in [1.29, 1.82) is 0 Å². The molecule has 0 fully saturated rings. The van der Waals surface area contributed by atoms with Gasteiger partial charge in [0.15, 0.2) is 5.78 Å². The van der Waals surface area contributed by atoms with Crippen LogP contribution in [0.15, 0.2) is 48.7 Å². The first-order valence-electron chi connectivity index (χ1n) is 5.72. The van der Waals surface area contributed by atoms with Gasteiger partial charge in [-0.2, -0.15) is 0 Å². The second-order valence-corrected chi connectivity index (χ2v) is 5.78. The molecule has 3 rings (SSSR count). The number of halogens is 2. The van der Waals surface area contributed by atoms with Crippen molar-refractivity contribution in [3.8, 4) is 0 Å². The maximum absolute atomic E-state index is 12.5. The molecule has 0 bridgehead atoms. The SMILES string of the molecule is O=C(c1ccc(I)c(Cl)c1)c1c[nH]c2ccccc12. The van der Waals surface area contributed by atoms with Crippen LogP contribution in [0.25, 0.3) is 10.9 Å². The van der Waals surface area contributed by atoms with E-state index in [0.29, 0.717) is 16.1 Å². The number of aromatic amines is 1. The zero-order chi connectivity index (χ0) is 13.4. The molecule has 0 unspecified atom stereocenters. The average molecular weight is 382 g/mol. The molecule has 0 amide bonds. The summed E-state index contributed by atoms with van der Waals surface area (Å²) in [5.74, 6) is -0.0178. The van der Waals surface area contributed by atoms with Crippen LogP contribution in [-0.4, -0.2) is 10.8 Å². The molecule has 0 atom stereocenters. The van der Waals surface area contributed by atoms with Gasteiger partial charge in [-0.1, -0.05) is 29.8 Å². The van der Waals surface area contributed by atoms with Gasteiger partial charge in [-0.05, 0) is 46.9 Å². The Hall–Kier alpha value is -1.33. The smallest absolute Gasteiger partial charge is 0.195 e. The van der Waals surface area contributed by atoms with Gasteiger partial charge in [0.2, 0.25) is 0 Å². The topological polar surface area (TPSA) is 32.9 Å². The maximum atomic E-state index is 12.5. The minimum atomic E-state index is -0.0178. The number of hydrogen-bond acceptors (Lipinski definition) is 1. The molecular weight excluding hydrogens is 373 g/mol. The Bertz CT molecular complexity index is 779. The monoisotopic (exact) mass is 381 g/mol. The van der Waals surface area contributed by atoms with Crippen LogP contribution < -0.4 is 0 Å². The molecule has 2 aromatic carbocycles. The minimum absolute atomic E-state index is 0.0178. The van der Waals surface area contributed by atoms with Gasteiger partial charge < -0.3 is 4.98 Å². The number of para-hydroxylation sites is 1. The van der Waals surface area contributed by atoms with Crippen LogP contribution in [0.3, 0.4) is 0 Å². The Kier molecular flexibility index (Phi) is 3.33. The summed E-state index contributed by atoms with van der Waals surface area (Å²) in [7, 11) is 0. The number of hydrogen-bond donors (Lipinski definition) is 1. The second-order valence-electron chi connectivity index (χ2n) is 4.21. The lowest BCUT2D eigenvalue weighted by Gasteiger charge is -2.02. The van der Waals surface area contributed by atoms with E-state index in [1.54, 1.807) is 18.3 Å². The number of benzene rings is 2. The zero-order valence-corrected chi connectivity index (χ0v) is 12.7. The summed E-state index contributed by atoms with van der Waals surface area (Å²) in [6, 6.07) is 13.1. The quantitative estimate of drug-likeness (QED) is 0.508. The van der Waals surface area contributed by atoms with E-state index in [4.69, 9.17) is 11.6 Å². The largest absolute Gasteiger partial charge is 0.360 e. The molecule has 0 saturated heterocycles. The summed E-state index contributed by atoms with van der Waals surface area (Å²) in [5.41, 5.74) is 2.24. The fraction of sp³-hybridized carbons (Fsp3) is 0. The van der Waals surface area contributed by atoms with Crippen molar-refractivity contribution in [3.05, 3.63) is 68.4 Å². The average Bonchev–Trinajstić information content (AvgIpc) is 2.85. The van der Waals surface area contributed by atoms with Gasteiger partial charge in [0.05, 0.1) is 5.02 Å². The summed E-state index contributed by atoms with van der Waals surface area (Å²) in [5, 5.41) is 1.54. The zero-order valence-electron chi connectivity index (χ0n) is 9.78. The van der Waals surface area contributed by atoms with Gasteiger partial charge in [-0.15, -0.1) is 0 Å². The minimum Gasteiger partial charge on any atom is -0.360 e. The van der Waals surface area contributed by atoms with E-state index < -0.39 is 0 Å². The lowest BCUT2D eigenvalue weighted by atomic mass is 10.0. The van der Waals surface area contributed by atoms with E-state index in [1.165, 1.54) is 0 Å². The summed E-state index contributed by atoms with van der Waals surface area (Å²) in [4.78, 5) is 15.6. The summed E-state index contributed by atoms with van der Waals surface area (Å²) in [6.45, 7) is 0. The van der Waals surface area contributed by atoms with Crippen molar-refractivity contribution in [1.82, 2.24) is 4.98 Å². The van der Waals surface area contributed by atoms with Gasteiger partial charge in [-0.3, -0.25) is 4.79 Å². The van der Waals surface area contributed by atoms with Crippen molar-refractivity contribution in [3.63, 3.8) is 0 Å². The molecule has 94 valence electrons. The van der Waals surface area contributed by atoms with Crippen molar-refractivity contribution in [2.45, 2.75) is 0 Å². The van der Waals surface area contributed by atoms with E-state index in [1.807, 2.05) is 30.3 Å². The first-order valence-corrected chi connectivity index (χ1v) is 7.18. The first-order chi connectivity index (χ1) is 9.16. The normalized spacial score (nSPS) is 10.8. The third-order valence-electron chi connectivity index (χ3n) is 3.02. The summed E-state index contributed by atoms with van der Waals surface area (Å²) < 4.78 is 0.940. The molecule has 0 aliphatic rings. The molecular formula is C15H9ClINO. The number of ketones is 1. The van der Waals surface area contributed by atoms with Crippen LogP contribution in [0.2, 0.25) is 5.02 Å². The Morgan fingerprint density at radius 3 is 2.74 bits per heavy atom. The predicted octanol–water partition coefficient (Wildman–Crippen LogP) is 4.66. The van der Waals surface area contributed by atoms with E-state index in [-0.39, 0.29) is 5.78 Å². The Morgan fingerprint density at radius 1 is 1.16 bits per heavy atom. The van der Waals surface area contributed by atoms with Gasteiger partial charge in [0.25, 0.3) is 0 Å². The number of rotatable bonds is 2. The number of fused-ring (bicyclic) bond motifs is 1. The summed E-state index contributed by atoms with van der Waals surface area (Å²) in [6.07, 6.45) is 1.75. The third-order valence-corrected chi connectivity index (χ3v) is 4.59. The number of carbonyl (C=O) groups is 1. The highest BCUT2D eigenvalue weighted by molar-refractivity contribution is 14.1. The molecule has 2 nitrogen and oxygen atoms in total. The van der Waals surface area contributed by atoms with Crippen molar-refractivity contribution in [2.75, 3.05) is 0 Å². The molecule has 4 heteroatoms. The molecule has 1 N–H and O–H groups in total. The molecule has 0 radical (unpaired) electrons. The standard InChI is InChI=1S/C15H9ClINO/c16-12-7-9(5-6-13(12)17)15(19)11-8-18-14-4-2-1-3-10(11)14/h1-8,18H. The molecule has 1 heterocycles. The number of aromatic nitrogens is 1. The van der Waals surface area contributed by atoms with Crippen LogP contribution in [0.4, 0.5) is 0 Å². The van der Waals surface area contributed by atoms with E-state index >= 15 is 0 Å². The van der Waals surface area contributed by atoms with Crippen LogP contribution in [0.1, 0.15) is 15.9 Å². The maximum Gasteiger partial charge on any atom is 0.195 e. The van der Waals surface area contributed by atoms with Gasteiger partial charge in [-0.25, -0.2) is 0 Å². The van der Waals surface area contributed by atoms with Gasteiger partial charge >= 0.3 is 0 Å². The lowest BCUT2D eigenvalue weighted by Crippen LogP contribution is -2.00. The lowest BCUT2D eigenvalue weighted by molar-refractivity contribution is 0.104. The second kappa shape index (κ2) is 4.98. The van der Waals surface area contributed by atoms with Crippen molar-refractivity contribution >= 4 is 50.9 Å². The third kappa shape index (κ3) is 2.28. The highest BCUT2D eigenvalue weighted by Crippen LogP contribution is 2.24. The molecule has 0 aliphatic carbocycles. The van der Waals surface area contributed by atoms with E-state index in [0.717, 1.165) is 14.5 Å². The van der Waals surface area contributed by atoms with Crippen LogP contribution in [0, 0.1) is 3.57 Å². The molecule has 3 aromatic rings. The van der Waals surface area contributed by atoms with Gasteiger partial charge in [0, 0.05) is 31.8 Å². The van der Waals surface area contributed by atoms with E-state index in [9.17, 15) is 4.79 Å². The molecule has 0 spiro atoms. The fourth-order valence-electron chi connectivity index (χ4n) is 2.05. The molecule has 1 aromatic heterocycles. The van der Waals surface area contributed by atoms with Crippen LogP contribution >= 0.6 is 34.2 Å². The summed E-state index contributed by atoms with van der Waals surface area (Å²) >= 11 is 8.21. The first kappa shape index (κ1) is 12.7. The molecule has 0 aliphatic heterocycles. The van der Waals surface area contributed by atoms with Crippen LogP contribution in [-0.2, 0) is 0 Å². The van der Waals surface area contributed by atoms with Crippen molar-refractivity contribution < 1.29 is 4.79 Å². The Balaban J connectivity index is 2.11. The van der Waals surface area contributed by atoms with E-state index in [2.05, 4.69) is 27.6 Å². The molecule has 19 heavy (non-hydrogen) atoms. The predicted molar refractivity (Wildman–Crippen MR) is 85.9 cm³/mol. The van der Waals surface area contributed by atoms with Gasteiger partial charge in [0.1, 0.15) is 0 Å². The van der Waals surface area contributed by atoms with Crippen LogP contribution in [0.5, 0.6) is 0 Å². The number of carbonyl (C=O) groups excluding carboxylic acids is 1. The molecule has 0 saturated carbocycles. The fourth-order valence-corrected chi connectivity index (χ4v) is 2.57. The Labute approximate surface area is 128 Å². The Morgan fingerprint density at radius 2 is 1.95 bits per heavy atom.